The molecule has 5 nitrogen and oxygen atoms in total. The lowest BCUT2D eigenvalue weighted by atomic mass is 10.1. The van der Waals surface area contributed by atoms with Crippen LogP contribution in [0.25, 0.3) is 0 Å². The first kappa shape index (κ1) is 11.6. The van der Waals surface area contributed by atoms with Crippen molar-refractivity contribution in [3.63, 3.8) is 0 Å². The average molecular weight is 254 g/mol. The van der Waals surface area contributed by atoms with Gasteiger partial charge in [0.05, 0.1) is 12.4 Å². The molecule has 0 atom stereocenters. The Bertz CT molecular complexity index is 601. The van der Waals surface area contributed by atoms with E-state index in [1.54, 1.807) is 0 Å². The quantitative estimate of drug-likeness (QED) is 0.836. The van der Waals surface area contributed by atoms with E-state index in [4.69, 9.17) is 5.73 Å². The van der Waals surface area contributed by atoms with Crippen LogP contribution < -0.4 is 11.1 Å². The average Bonchev–Trinajstić information content (AvgIpc) is 2.80. The zero-order valence-electron chi connectivity index (χ0n) is 10.3. The fourth-order valence-corrected chi connectivity index (χ4v) is 2.41. The van der Waals surface area contributed by atoms with E-state index in [0.717, 1.165) is 12.8 Å². The number of aromatic nitrogens is 2. The normalized spacial score (nSPS) is 14.1. The Morgan fingerprint density at radius 3 is 2.53 bits per heavy atom. The topological polar surface area (TPSA) is 80.9 Å². The Morgan fingerprint density at radius 2 is 1.89 bits per heavy atom. The van der Waals surface area contributed by atoms with Gasteiger partial charge in [-0.05, 0) is 24.0 Å². The molecular formula is C14H14N4O. The van der Waals surface area contributed by atoms with Gasteiger partial charge in [-0.3, -0.25) is 9.78 Å². The summed E-state index contributed by atoms with van der Waals surface area (Å²) in [6.07, 6.45) is 4.56. The standard InChI is InChI=1S/C14H14N4O/c15-13-8-16-7-12(18-13)14(19)17-11-5-9-3-1-2-4-10(9)6-11/h1-4,7-8,11H,5-6H2,(H2,15,18)(H,17,19). The maximum absolute atomic E-state index is 12.0. The minimum atomic E-state index is -0.224. The number of rotatable bonds is 2. The molecule has 0 saturated carbocycles. The zero-order chi connectivity index (χ0) is 13.2. The number of carbonyl (C=O) groups is 1. The van der Waals surface area contributed by atoms with Crippen molar-refractivity contribution in [2.24, 2.45) is 0 Å². The van der Waals surface area contributed by atoms with E-state index < -0.39 is 0 Å². The molecule has 19 heavy (non-hydrogen) atoms. The van der Waals surface area contributed by atoms with Gasteiger partial charge in [-0.25, -0.2) is 4.98 Å². The van der Waals surface area contributed by atoms with E-state index in [9.17, 15) is 4.79 Å². The van der Waals surface area contributed by atoms with Crippen molar-refractivity contribution in [3.8, 4) is 0 Å². The van der Waals surface area contributed by atoms with Crippen LogP contribution in [0.4, 0.5) is 5.82 Å². The van der Waals surface area contributed by atoms with E-state index in [2.05, 4.69) is 27.4 Å². The molecule has 1 aliphatic carbocycles. The number of benzene rings is 1. The third-order valence-electron chi connectivity index (χ3n) is 3.27. The van der Waals surface area contributed by atoms with Crippen LogP contribution in [-0.4, -0.2) is 21.9 Å². The second-order valence-electron chi connectivity index (χ2n) is 4.68. The summed E-state index contributed by atoms with van der Waals surface area (Å²) in [5.74, 6) is 0.0277. The SMILES string of the molecule is Nc1cncc(C(=O)NC2Cc3ccccc3C2)n1. The molecular weight excluding hydrogens is 240 g/mol. The second-order valence-corrected chi connectivity index (χ2v) is 4.68. The lowest BCUT2D eigenvalue weighted by molar-refractivity contribution is 0.0933. The van der Waals surface area contributed by atoms with Gasteiger partial charge in [-0.2, -0.15) is 0 Å². The van der Waals surface area contributed by atoms with Crippen LogP contribution in [0.5, 0.6) is 0 Å². The van der Waals surface area contributed by atoms with E-state index in [0.29, 0.717) is 0 Å². The Hall–Kier alpha value is -2.43. The Kier molecular flexibility index (Phi) is 2.87. The molecule has 0 bridgehead atoms. The van der Waals surface area contributed by atoms with Crippen molar-refractivity contribution in [2.45, 2.75) is 18.9 Å². The molecule has 1 heterocycles. The number of nitrogens with one attached hydrogen (secondary N) is 1. The lowest BCUT2D eigenvalue weighted by Gasteiger charge is -2.11. The van der Waals surface area contributed by atoms with Gasteiger partial charge in [-0.15, -0.1) is 0 Å². The zero-order valence-corrected chi connectivity index (χ0v) is 10.3. The van der Waals surface area contributed by atoms with Gasteiger partial charge in [0, 0.05) is 6.04 Å². The van der Waals surface area contributed by atoms with Crippen molar-refractivity contribution in [2.75, 3.05) is 5.73 Å². The van der Waals surface area contributed by atoms with Crippen LogP contribution in [0.15, 0.2) is 36.7 Å². The number of nitrogens with two attached hydrogens (primary N) is 1. The third kappa shape index (κ3) is 2.40. The maximum Gasteiger partial charge on any atom is 0.271 e. The van der Waals surface area contributed by atoms with Gasteiger partial charge < -0.3 is 11.1 Å². The summed E-state index contributed by atoms with van der Waals surface area (Å²) in [5.41, 5.74) is 8.38. The van der Waals surface area contributed by atoms with Gasteiger partial charge in [0.25, 0.3) is 5.91 Å². The number of anilines is 1. The number of carbonyl (C=O) groups excluding carboxylic acids is 1. The van der Waals surface area contributed by atoms with Crippen LogP contribution >= 0.6 is 0 Å². The fourth-order valence-electron chi connectivity index (χ4n) is 2.41. The van der Waals surface area contributed by atoms with Gasteiger partial charge in [0.15, 0.2) is 0 Å². The first-order valence-corrected chi connectivity index (χ1v) is 6.17. The Morgan fingerprint density at radius 1 is 1.21 bits per heavy atom. The summed E-state index contributed by atoms with van der Waals surface area (Å²) in [6.45, 7) is 0. The molecule has 0 fully saturated rings. The van der Waals surface area contributed by atoms with Crippen molar-refractivity contribution >= 4 is 11.7 Å². The molecule has 3 rings (SSSR count). The first-order chi connectivity index (χ1) is 9.22. The summed E-state index contributed by atoms with van der Waals surface area (Å²) in [7, 11) is 0. The minimum absolute atomic E-state index is 0.119. The predicted octanol–water partition coefficient (Wildman–Crippen LogP) is 0.956. The van der Waals surface area contributed by atoms with Crippen molar-refractivity contribution in [1.82, 2.24) is 15.3 Å². The molecule has 1 aromatic carbocycles. The number of nitrogens with zero attached hydrogens (tertiary/aromatic N) is 2. The smallest absolute Gasteiger partial charge is 0.271 e. The van der Waals surface area contributed by atoms with Crippen LogP contribution in [0.3, 0.4) is 0 Å². The maximum atomic E-state index is 12.0. The van der Waals surface area contributed by atoms with Gasteiger partial charge in [0.2, 0.25) is 0 Å². The highest BCUT2D eigenvalue weighted by atomic mass is 16.1. The van der Waals surface area contributed by atoms with E-state index in [-0.39, 0.29) is 23.5 Å². The molecule has 2 aromatic rings. The van der Waals surface area contributed by atoms with Crippen LogP contribution in [-0.2, 0) is 12.8 Å². The molecule has 0 radical (unpaired) electrons. The highest BCUT2D eigenvalue weighted by Gasteiger charge is 2.23. The van der Waals surface area contributed by atoms with Crippen LogP contribution in [0, 0.1) is 0 Å². The number of nitrogen functional groups attached to an aromatic ring is 1. The number of amides is 1. The molecule has 3 N–H and O–H groups in total. The van der Waals surface area contributed by atoms with Crippen molar-refractivity contribution < 1.29 is 4.79 Å². The molecule has 1 amide bonds. The first-order valence-electron chi connectivity index (χ1n) is 6.17. The summed E-state index contributed by atoms with van der Waals surface area (Å²) in [4.78, 5) is 19.9. The second kappa shape index (κ2) is 4.68. The summed E-state index contributed by atoms with van der Waals surface area (Å²) >= 11 is 0. The summed E-state index contributed by atoms with van der Waals surface area (Å²) < 4.78 is 0. The van der Waals surface area contributed by atoms with Crippen molar-refractivity contribution in [3.05, 3.63) is 53.5 Å². The van der Waals surface area contributed by atoms with E-state index in [1.165, 1.54) is 23.5 Å². The third-order valence-corrected chi connectivity index (χ3v) is 3.27. The number of hydrogen-bond acceptors (Lipinski definition) is 4. The molecule has 0 unspecified atom stereocenters. The molecule has 1 aromatic heterocycles. The minimum Gasteiger partial charge on any atom is -0.382 e. The predicted molar refractivity (Wildman–Crippen MR) is 71.5 cm³/mol. The molecule has 0 saturated heterocycles. The highest BCUT2D eigenvalue weighted by Crippen LogP contribution is 2.21. The number of hydrogen-bond donors (Lipinski definition) is 2. The summed E-state index contributed by atoms with van der Waals surface area (Å²) in [5, 5.41) is 2.97. The van der Waals surface area contributed by atoms with E-state index in [1.807, 2.05) is 12.1 Å². The number of fused-ring (bicyclic) bond motifs is 1. The van der Waals surface area contributed by atoms with Crippen LogP contribution in [0.2, 0.25) is 0 Å². The molecule has 0 spiro atoms. The van der Waals surface area contributed by atoms with Gasteiger partial charge >= 0.3 is 0 Å². The molecule has 0 aliphatic heterocycles. The largest absolute Gasteiger partial charge is 0.382 e. The Labute approximate surface area is 110 Å². The fraction of sp³-hybridized carbons (Fsp3) is 0.214. The lowest BCUT2D eigenvalue weighted by Crippen LogP contribution is -2.35. The Balaban J connectivity index is 1.69. The highest BCUT2D eigenvalue weighted by molar-refractivity contribution is 5.92. The monoisotopic (exact) mass is 254 g/mol. The van der Waals surface area contributed by atoms with Crippen molar-refractivity contribution in [1.29, 1.82) is 0 Å². The van der Waals surface area contributed by atoms with Gasteiger partial charge in [0.1, 0.15) is 11.5 Å². The molecule has 96 valence electrons. The van der Waals surface area contributed by atoms with Crippen LogP contribution in [0.1, 0.15) is 21.6 Å². The summed E-state index contributed by atoms with van der Waals surface area (Å²) in [6, 6.07) is 8.36. The van der Waals surface area contributed by atoms with Gasteiger partial charge in [-0.1, -0.05) is 24.3 Å². The molecule has 5 heteroatoms. The molecule has 1 aliphatic rings. The van der Waals surface area contributed by atoms with E-state index >= 15 is 0 Å².